The summed E-state index contributed by atoms with van der Waals surface area (Å²) in [7, 11) is -3.73. The molecule has 0 saturated heterocycles. The predicted octanol–water partition coefficient (Wildman–Crippen LogP) is 5.77. The van der Waals surface area contributed by atoms with E-state index in [2.05, 4.69) is 31.0 Å². The van der Waals surface area contributed by atoms with Crippen molar-refractivity contribution in [3.05, 3.63) is 62.5 Å². The molecule has 1 heterocycles. The van der Waals surface area contributed by atoms with Gasteiger partial charge in [-0.05, 0) is 77.7 Å². The van der Waals surface area contributed by atoms with Crippen molar-refractivity contribution in [3.8, 4) is 5.75 Å². The second-order valence-corrected chi connectivity index (χ2v) is 10.7. The second kappa shape index (κ2) is 10.7. The number of halogens is 2. The Bertz CT molecular complexity index is 1200. The number of rotatable bonds is 9. The summed E-state index contributed by atoms with van der Waals surface area (Å²) in [6, 6.07) is 7.80. The zero-order valence-corrected chi connectivity index (χ0v) is 21.3. The van der Waals surface area contributed by atoms with Gasteiger partial charge in [-0.15, -0.1) is 11.3 Å². The highest BCUT2D eigenvalue weighted by molar-refractivity contribution is 9.10. The van der Waals surface area contributed by atoms with Crippen molar-refractivity contribution in [2.75, 3.05) is 16.6 Å². The van der Waals surface area contributed by atoms with E-state index < -0.39 is 10.0 Å². The van der Waals surface area contributed by atoms with Crippen LogP contribution in [0.1, 0.15) is 24.0 Å². The lowest BCUT2D eigenvalue weighted by molar-refractivity contribution is -0.116. The minimum Gasteiger partial charge on any atom is -0.492 e. The first-order chi connectivity index (χ1) is 15.2. The largest absolute Gasteiger partial charge is 0.492 e. The van der Waals surface area contributed by atoms with Gasteiger partial charge in [0, 0.05) is 28.7 Å². The fourth-order valence-electron chi connectivity index (χ4n) is 2.81. The van der Waals surface area contributed by atoms with Gasteiger partial charge in [0.25, 0.3) is 10.0 Å². The molecule has 2 aromatic carbocycles. The fourth-order valence-corrected chi connectivity index (χ4v) is 5.29. The molecule has 7 nitrogen and oxygen atoms in total. The van der Waals surface area contributed by atoms with E-state index in [-0.39, 0.29) is 17.2 Å². The van der Waals surface area contributed by atoms with Crippen molar-refractivity contribution >= 4 is 65.6 Å². The molecule has 0 radical (unpaired) electrons. The fraction of sp³-hybridized carbons (Fsp3) is 0.238. The van der Waals surface area contributed by atoms with Crippen molar-refractivity contribution in [1.82, 2.24) is 4.98 Å². The van der Waals surface area contributed by atoms with E-state index in [9.17, 15) is 13.2 Å². The molecular formula is C21H21BrClN3O4S2. The Kier molecular flexibility index (Phi) is 8.16. The minimum absolute atomic E-state index is 0.0817. The zero-order valence-electron chi connectivity index (χ0n) is 17.3. The molecule has 0 bridgehead atoms. The lowest BCUT2D eigenvalue weighted by Crippen LogP contribution is -2.14. The third kappa shape index (κ3) is 6.22. The summed E-state index contributed by atoms with van der Waals surface area (Å²) in [5.74, 6) is 0.501. The van der Waals surface area contributed by atoms with Gasteiger partial charge < -0.3 is 10.1 Å². The Morgan fingerprint density at radius 3 is 2.62 bits per heavy atom. The van der Waals surface area contributed by atoms with Crippen LogP contribution in [0.25, 0.3) is 0 Å². The number of nitrogens with zero attached hydrogens (tertiary/aromatic N) is 1. The van der Waals surface area contributed by atoms with E-state index in [0.29, 0.717) is 34.6 Å². The molecule has 32 heavy (non-hydrogen) atoms. The van der Waals surface area contributed by atoms with Crippen molar-refractivity contribution in [2.24, 2.45) is 0 Å². The summed E-state index contributed by atoms with van der Waals surface area (Å²) in [6.07, 6.45) is 2.29. The van der Waals surface area contributed by atoms with E-state index >= 15 is 0 Å². The smallest absolute Gasteiger partial charge is 0.263 e. The third-order valence-corrected chi connectivity index (χ3v) is 8.22. The number of nitrogens with one attached hydrogen (secondary N) is 2. The molecule has 3 aromatic rings. The van der Waals surface area contributed by atoms with Gasteiger partial charge in [-0.1, -0.05) is 11.6 Å². The maximum Gasteiger partial charge on any atom is 0.263 e. The van der Waals surface area contributed by atoms with Crippen molar-refractivity contribution in [2.45, 2.75) is 31.6 Å². The monoisotopic (exact) mass is 557 g/mol. The van der Waals surface area contributed by atoms with Crippen molar-refractivity contribution in [3.63, 3.8) is 0 Å². The normalized spacial score (nSPS) is 11.2. The molecule has 1 amide bonds. The summed E-state index contributed by atoms with van der Waals surface area (Å²) >= 11 is 10.9. The summed E-state index contributed by atoms with van der Waals surface area (Å²) in [4.78, 5) is 16.2. The van der Waals surface area contributed by atoms with E-state index in [1.165, 1.54) is 29.7 Å². The number of sulfonamides is 1. The molecule has 0 unspecified atom stereocenters. The Morgan fingerprint density at radius 1 is 1.25 bits per heavy atom. The summed E-state index contributed by atoms with van der Waals surface area (Å²) < 4.78 is 33.7. The molecule has 0 saturated carbocycles. The number of aryl methyl sites for hydroxylation is 1. The lowest BCUT2D eigenvalue weighted by Gasteiger charge is -2.13. The van der Waals surface area contributed by atoms with Gasteiger partial charge in [-0.3, -0.25) is 9.52 Å². The van der Waals surface area contributed by atoms with Gasteiger partial charge >= 0.3 is 0 Å². The van der Waals surface area contributed by atoms with Crippen LogP contribution in [0, 0.1) is 13.8 Å². The maximum atomic E-state index is 12.4. The van der Waals surface area contributed by atoms with Crippen LogP contribution >= 0.6 is 38.9 Å². The van der Waals surface area contributed by atoms with Crippen LogP contribution < -0.4 is 14.8 Å². The van der Waals surface area contributed by atoms with E-state index in [1.54, 1.807) is 17.5 Å². The topological polar surface area (TPSA) is 97.4 Å². The maximum absolute atomic E-state index is 12.4. The van der Waals surface area contributed by atoms with Crippen LogP contribution in [-0.2, 0) is 14.8 Å². The van der Waals surface area contributed by atoms with Crippen LogP contribution in [-0.4, -0.2) is 25.9 Å². The number of thiazole rings is 1. The molecular weight excluding hydrogens is 538 g/mol. The molecule has 11 heteroatoms. The third-order valence-electron chi connectivity index (χ3n) is 4.48. The number of aromatic nitrogens is 1. The first-order valence-electron chi connectivity index (χ1n) is 9.57. The summed E-state index contributed by atoms with van der Waals surface area (Å²) in [5, 5.41) is 5.42. The van der Waals surface area contributed by atoms with E-state index in [4.69, 9.17) is 16.3 Å². The van der Waals surface area contributed by atoms with Gasteiger partial charge in [0.2, 0.25) is 5.91 Å². The van der Waals surface area contributed by atoms with Gasteiger partial charge in [0.15, 0.2) is 5.13 Å². The molecule has 0 spiro atoms. The highest BCUT2D eigenvalue weighted by Gasteiger charge is 2.16. The Morgan fingerprint density at radius 2 is 1.97 bits per heavy atom. The first kappa shape index (κ1) is 24.5. The number of ether oxygens (including phenoxy) is 1. The Labute approximate surface area is 204 Å². The van der Waals surface area contributed by atoms with Gasteiger partial charge in [-0.25, -0.2) is 13.4 Å². The average Bonchev–Trinajstić information content (AvgIpc) is 3.25. The molecule has 1 aromatic heterocycles. The number of carbonyl (C=O) groups is 1. The minimum atomic E-state index is -3.73. The van der Waals surface area contributed by atoms with Gasteiger partial charge in [0.05, 0.1) is 16.0 Å². The molecule has 170 valence electrons. The van der Waals surface area contributed by atoms with E-state index in [0.717, 1.165) is 15.6 Å². The molecule has 0 fully saturated rings. The van der Waals surface area contributed by atoms with Crippen LogP contribution in [0.15, 0.2) is 51.3 Å². The molecule has 2 N–H and O–H groups in total. The van der Waals surface area contributed by atoms with Crippen molar-refractivity contribution < 1.29 is 17.9 Å². The SMILES string of the molecule is Cc1cc(OCCCC(=O)Nc2ccc(S(=O)(=O)Nc3nccs3)cc2)c(Br)c(C)c1Cl. The van der Waals surface area contributed by atoms with Gasteiger partial charge in [-0.2, -0.15) is 0 Å². The number of hydrogen-bond acceptors (Lipinski definition) is 6. The van der Waals surface area contributed by atoms with E-state index in [1.807, 2.05) is 19.9 Å². The molecule has 0 aliphatic rings. The van der Waals surface area contributed by atoms with Crippen molar-refractivity contribution in [1.29, 1.82) is 0 Å². The number of amides is 1. The average molecular weight is 559 g/mol. The predicted molar refractivity (Wildman–Crippen MR) is 131 cm³/mol. The number of carbonyl (C=O) groups excluding carboxylic acids is 1. The first-order valence-corrected chi connectivity index (χ1v) is 13.1. The number of hydrogen-bond donors (Lipinski definition) is 2. The Balaban J connectivity index is 1.48. The quantitative estimate of drug-likeness (QED) is 0.325. The van der Waals surface area contributed by atoms with Crippen LogP contribution in [0.5, 0.6) is 5.75 Å². The second-order valence-electron chi connectivity index (χ2n) is 6.91. The molecule has 0 aliphatic heterocycles. The molecule has 3 rings (SSSR count). The highest BCUT2D eigenvalue weighted by atomic mass is 79.9. The van der Waals surface area contributed by atoms with Gasteiger partial charge in [0.1, 0.15) is 5.75 Å². The lowest BCUT2D eigenvalue weighted by atomic mass is 10.1. The summed E-state index contributed by atoms with van der Waals surface area (Å²) in [6.45, 7) is 4.19. The zero-order chi connectivity index (χ0) is 23.3. The standard InChI is InChI=1S/C21H21BrClN3O4S2/c1-13-12-17(19(22)14(2)20(13)23)30-10-3-4-18(27)25-15-5-7-16(8-6-15)32(28,29)26-21-24-9-11-31-21/h5-9,11-12H,3-4,10H2,1-2H3,(H,24,26)(H,25,27). The highest BCUT2D eigenvalue weighted by Crippen LogP contribution is 2.35. The molecule has 0 atom stereocenters. The Hall–Kier alpha value is -2.14. The van der Waals surface area contributed by atoms with Crippen LogP contribution in [0.3, 0.4) is 0 Å². The van der Waals surface area contributed by atoms with Crippen LogP contribution in [0.2, 0.25) is 5.02 Å². The number of anilines is 2. The number of benzene rings is 2. The summed E-state index contributed by atoms with van der Waals surface area (Å²) in [5.41, 5.74) is 2.34. The molecule has 0 aliphatic carbocycles. The van der Waals surface area contributed by atoms with Crippen LogP contribution in [0.4, 0.5) is 10.8 Å².